The minimum absolute atomic E-state index is 0.208. The molecule has 0 spiro atoms. The number of aliphatic hydroxyl groups is 1. The van der Waals surface area contributed by atoms with Crippen LogP contribution in [0.5, 0.6) is 0 Å². The molecule has 0 aromatic heterocycles. The van der Waals surface area contributed by atoms with Gasteiger partial charge in [-0.15, -0.1) is 0 Å². The van der Waals surface area contributed by atoms with Crippen LogP contribution < -0.4 is 0 Å². The van der Waals surface area contributed by atoms with Crippen molar-refractivity contribution in [2.75, 3.05) is 13.2 Å². The van der Waals surface area contributed by atoms with Gasteiger partial charge in [0.1, 0.15) is 0 Å². The van der Waals surface area contributed by atoms with Gasteiger partial charge in [-0.2, -0.15) is 0 Å². The monoisotopic (exact) mass is 132 g/mol. The molecule has 1 fully saturated rings. The number of rotatable bonds is 0. The quantitative estimate of drug-likeness (QED) is 0.533. The molecule has 2 nitrogen and oxygen atoms in total. The van der Waals surface area contributed by atoms with E-state index in [2.05, 4.69) is 0 Å². The molecule has 1 rings (SSSR count). The Hall–Kier alpha value is -0.0800. The van der Waals surface area contributed by atoms with Crippen LogP contribution >= 0.6 is 0 Å². The molecule has 2 atom stereocenters. The van der Waals surface area contributed by atoms with Crippen molar-refractivity contribution >= 4 is 0 Å². The minimum Gasteiger partial charge on any atom is -0.390 e. The Kier molecular flexibility index (Phi) is 4.72. The summed E-state index contributed by atoms with van der Waals surface area (Å²) in [5.74, 6) is 0.347. The second-order valence-electron chi connectivity index (χ2n) is 2.08. The van der Waals surface area contributed by atoms with Gasteiger partial charge in [0.05, 0.1) is 19.3 Å². The van der Waals surface area contributed by atoms with Gasteiger partial charge in [-0.25, -0.2) is 0 Å². The van der Waals surface area contributed by atoms with E-state index in [0.717, 1.165) is 6.61 Å². The van der Waals surface area contributed by atoms with Crippen molar-refractivity contribution in [2.24, 2.45) is 5.92 Å². The summed E-state index contributed by atoms with van der Waals surface area (Å²) in [5, 5.41) is 8.87. The molecule has 0 aromatic carbocycles. The molecule has 1 aliphatic heterocycles. The van der Waals surface area contributed by atoms with Gasteiger partial charge in [0.15, 0.2) is 0 Å². The molecule has 0 saturated carbocycles. The molecular weight excluding hydrogens is 116 g/mol. The number of ether oxygens (including phenoxy) is 1. The van der Waals surface area contributed by atoms with Crippen molar-refractivity contribution in [2.45, 2.75) is 26.9 Å². The van der Waals surface area contributed by atoms with Gasteiger partial charge in [-0.05, 0) is 0 Å². The van der Waals surface area contributed by atoms with E-state index in [0.29, 0.717) is 12.5 Å². The first-order valence-electron chi connectivity index (χ1n) is 3.56. The summed E-state index contributed by atoms with van der Waals surface area (Å²) in [7, 11) is 0. The summed E-state index contributed by atoms with van der Waals surface area (Å²) < 4.78 is 4.92. The summed E-state index contributed by atoms with van der Waals surface area (Å²) >= 11 is 0. The van der Waals surface area contributed by atoms with E-state index in [1.165, 1.54) is 0 Å². The topological polar surface area (TPSA) is 29.5 Å². The predicted octanol–water partition coefficient (Wildman–Crippen LogP) is 1.04. The Morgan fingerprint density at radius 2 is 1.89 bits per heavy atom. The predicted molar refractivity (Wildman–Crippen MR) is 37.3 cm³/mol. The van der Waals surface area contributed by atoms with Crippen molar-refractivity contribution in [3.63, 3.8) is 0 Å². The molecule has 0 aromatic rings. The third-order valence-corrected chi connectivity index (χ3v) is 1.33. The smallest absolute Gasteiger partial charge is 0.0821 e. The minimum atomic E-state index is -0.208. The van der Waals surface area contributed by atoms with Crippen LogP contribution in [0.4, 0.5) is 0 Å². The average Bonchev–Trinajstić information content (AvgIpc) is 2.23. The Morgan fingerprint density at radius 1 is 1.33 bits per heavy atom. The van der Waals surface area contributed by atoms with Crippen molar-refractivity contribution < 1.29 is 9.84 Å². The second kappa shape index (κ2) is 4.77. The Balaban J connectivity index is 0.000000291. The van der Waals surface area contributed by atoms with Gasteiger partial charge in [0.25, 0.3) is 0 Å². The molecule has 1 N–H and O–H groups in total. The summed E-state index contributed by atoms with van der Waals surface area (Å²) in [6, 6.07) is 0. The van der Waals surface area contributed by atoms with E-state index in [1.807, 2.05) is 20.8 Å². The zero-order valence-electron chi connectivity index (χ0n) is 6.42. The van der Waals surface area contributed by atoms with Gasteiger partial charge in [0.2, 0.25) is 0 Å². The maximum atomic E-state index is 8.87. The Bertz CT molecular complexity index is 55.9. The molecule has 9 heavy (non-hydrogen) atoms. The third kappa shape index (κ3) is 2.82. The molecule has 1 unspecified atom stereocenters. The number of hydrogen-bond donors (Lipinski definition) is 1. The molecule has 0 radical (unpaired) electrons. The zero-order chi connectivity index (χ0) is 7.28. The van der Waals surface area contributed by atoms with Crippen molar-refractivity contribution in [1.29, 1.82) is 0 Å². The van der Waals surface area contributed by atoms with E-state index < -0.39 is 0 Å². The molecule has 56 valence electrons. The molecule has 2 heteroatoms. The van der Waals surface area contributed by atoms with E-state index in [9.17, 15) is 0 Å². The van der Waals surface area contributed by atoms with Gasteiger partial charge in [-0.3, -0.25) is 0 Å². The van der Waals surface area contributed by atoms with Gasteiger partial charge >= 0.3 is 0 Å². The van der Waals surface area contributed by atoms with Crippen molar-refractivity contribution in [1.82, 2.24) is 0 Å². The van der Waals surface area contributed by atoms with E-state index in [4.69, 9.17) is 9.84 Å². The first kappa shape index (κ1) is 8.92. The fraction of sp³-hybridized carbons (Fsp3) is 1.00. The SMILES string of the molecule is CC.C[C@H]1COCC1O. The Labute approximate surface area is 56.8 Å². The molecule has 1 heterocycles. The van der Waals surface area contributed by atoms with Crippen LogP contribution in [0.2, 0.25) is 0 Å². The van der Waals surface area contributed by atoms with Gasteiger partial charge < -0.3 is 9.84 Å². The summed E-state index contributed by atoms with van der Waals surface area (Å²) in [5.41, 5.74) is 0. The fourth-order valence-corrected chi connectivity index (χ4v) is 0.650. The first-order chi connectivity index (χ1) is 4.30. The normalized spacial score (nSPS) is 33.3. The van der Waals surface area contributed by atoms with Crippen LogP contribution in [0.1, 0.15) is 20.8 Å². The third-order valence-electron chi connectivity index (χ3n) is 1.33. The van der Waals surface area contributed by atoms with Crippen LogP contribution in [0.15, 0.2) is 0 Å². The van der Waals surface area contributed by atoms with Crippen LogP contribution in [0, 0.1) is 5.92 Å². The highest BCUT2D eigenvalue weighted by Crippen LogP contribution is 2.10. The van der Waals surface area contributed by atoms with Crippen LogP contribution in [-0.2, 0) is 4.74 Å². The van der Waals surface area contributed by atoms with E-state index in [1.54, 1.807) is 0 Å². The largest absolute Gasteiger partial charge is 0.390 e. The molecule has 0 amide bonds. The van der Waals surface area contributed by atoms with Gasteiger partial charge in [-0.1, -0.05) is 20.8 Å². The molecule has 0 bridgehead atoms. The molecule has 1 saturated heterocycles. The van der Waals surface area contributed by atoms with Gasteiger partial charge in [0, 0.05) is 5.92 Å². The highest BCUT2D eigenvalue weighted by atomic mass is 16.5. The van der Waals surface area contributed by atoms with Crippen molar-refractivity contribution in [3.8, 4) is 0 Å². The number of hydrogen-bond acceptors (Lipinski definition) is 2. The van der Waals surface area contributed by atoms with Crippen LogP contribution in [-0.4, -0.2) is 24.4 Å². The van der Waals surface area contributed by atoms with Crippen LogP contribution in [0.3, 0.4) is 0 Å². The number of aliphatic hydroxyl groups excluding tert-OH is 1. The maximum Gasteiger partial charge on any atom is 0.0821 e. The first-order valence-corrected chi connectivity index (χ1v) is 3.56. The highest BCUT2D eigenvalue weighted by molar-refractivity contribution is 4.68. The zero-order valence-corrected chi connectivity index (χ0v) is 6.42. The standard InChI is InChI=1S/C5H10O2.C2H6/c1-4-2-7-3-5(4)6;1-2/h4-6H,2-3H2,1H3;1-2H3/t4-,5?;/m0./s1. The van der Waals surface area contributed by atoms with E-state index in [-0.39, 0.29) is 6.10 Å². The molecule has 1 aliphatic rings. The lowest BCUT2D eigenvalue weighted by Gasteiger charge is -2.00. The van der Waals surface area contributed by atoms with Crippen LogP contribution in [0.25, 0.3) is 0 Å². The lowest BCUT2D eigenvalue weighted by molar-refractivity contribution is 0.120. The fourth-order valence-electron chi connectivity index (χ4n) is 0.650. The Morgan fingerprint density at radius 3 is 2.00 bits per heavy atom. The second-order valence-corrected chi connectivity index (χ2v) is 2.08. The highest BCUT2D eigenvalue weighted by Gasteiger charge is 2.20. The molecule has 0 aliphatic carbocycles. The average molecular weight is 132 g/mol. The lowest BCUT2D eigenvalue weighted by Crippen LogP contribution is -2.13. The van der Waals surface area contributed by atoms with E-state index >= 15 is 0 Å². The summed E-state index contributed by atoms with van der Waals surface area (Å²) in [6.07, 6.45) is -0.208. The summed E-state index contributed by atoms with van der Waals surface area (Å²) in [4.78, 5) is 0. The maximum absolute atomic E-state index is 8.87. The van der Waals surface area contributed by atoms with Crippen molar-refractivity contribution in [3.05, 3.63) is 0 Å². The molecular formula is C7H16O2. The summed E-state index contributed by atoms with van der Waals surface area (Å²) in [6.45, 7) is 7.24. The lowest BCUT2D eigenvalue weighted by atomic mass is 10.1.